The molecule has 25 heavy (non-hydrogen) atoms. The minimum Gasteiger partial charge on any atom is -0.389 e. The molecule has 1 aromatic carbocycles. The Morgan fingerprint density at radius 3 is 2.76 bits per heavy atom. The Morgan fingerprint density at radius 1 is 1.36 bits per heavy atom. The van der Waals surface area contributed by atoms with Gasteiger partial charge in [0.15, 0.2) is 0 Å². The van der Waals surface area contributed by atoms with Gasteiger partial charge in [-0.1, -0.05) is 28.1 Å². The van der Waals surface area contributed by atoms with Gasteiger partial charge >= 0.3 is 0 Å². The number of nitriles is 1. The van der Waals surface area contributed by atoms with E-state index in [0.29, 0.717) is 26.2 Å². The topological polar surface area (TPSA) is 85.4 Å². The van der Waals surface area contributed by atoms with Crippen molar-refractivity contribution in [2.75, 3.05) is 45.8 Å². The zero-order valence-electron chi connectivity index (χ0n) is 14.2. The number of nitrogens with zero attached hydrogens (tertiary/aromatic N) is 3. The summed E-state index contributed by atoms with van der Waals surface area (Å²) < 4.78 is 1.04. The quantitative estimate of drug-likeness (QED) is 0.402. The highest BCUT2D eigenvalue weighted by molar-refractivity contribution is 9.10. The third-order valence-corrected chi connectivity index (χ3v) is 4.64. The summed E-state index contributed by atoms with van der Waals surface area (Å²) in [6.45, 7) is 5.01. The predicted molar refractivity (Wildman–Crippen MR) is 102 cm³/mol. The summed E-state index contributed by atoms with van der Waals surface area (Å²) in [4.78, 5) is 16.4. The van der Waals surface area contributed by atoms with Gasteiger partial charge in [0.2, 0.25) is 0 Å². The minimum atomic E-state index is -0.204. The van der Waals surface area contributed by atoms with Gasteiger partial charge < -0.3 is 16.0 Å². The van der Waals surface area contributed by atoms with E-state index in [1.165, 1.54) is 11.8 Å². The van der Waals surface area contributed by atoms with Gasteiger partial charge in [0.05, 0.1) is 0 Å². The molecule has 3 N–H and O–H groups in total. The second-order valence-electron chi connectivity index (χ2n) is 5.93. The Labute approximate surface area is 157 Å². The van der Waals surface area contributed by atoms with Crippen LogP contribution in [0.3, 0.4) is 0 Å². The maximum absolute atomic E-state index is 12.4. The van der Waals surface area contributed by atoms with E-state index in [9.17, 15) is 10.1 Å². The molecule has 0 aliphatic carbocycles. The fourth-order valence-electron chi connectivity index (χ4n) is 2.75. The molecular weight excluding hydrogens is 382 g/mol. The van der Waals surface area contributed by atoms with Crippen LogP contribution in [0.25, 0.3) is 0 Å². The normalized spacial score (nSPS) is 15.7. The molecule has 0 unspecified atom stereocenters. The average Bonchev–Trinajstić information content (AvgIpc) is 2.62. The Bertz CT molecular complexity index is 647. The smallest absolute Gasteiger partial charge is 0.266 e. The first-order valence-electron chi connectivity index (χ1n) is 8.44. The van der Waals surface area contributed by atoms with Crippen molar-refractivity contribution < 1.29 is 4.79 Å². The molecule has 1 aromatic rings. The van der Waals surface area contributed by atoms with E-state index in [1.54, 1.807) is 4.90 Å². The molecule has 7 heteroatoms. The van der Waals surface area contributed by atoms with Crippen molar-refractivity contribution in [3.05, 3.63) is 46.1 Å². The van der Waals surface area contributed by atoms with E-state index in [-0.39, 0.29) is 11.5 Å². The number of benzene rings is 1. The third kappa shape index (κ3) is 6.16. The lowest BCUT2D eigenvalue weighted by atomic mass is 10.1. The number of nitrogens with one attached hydrogen (secondary N) is 1. The molecule has 1 aliphatic rings. The lowest BCUT2D eigenvalue weighted by molar-refractivity contribution is -0.128. The van der Waals surface area contributed by atoms with Crippen LogP contribution in [0.15, 0.2) is 40.5 Å². The van der Waals surface area contributed by atoms with Crippen LogP contribution in [-0.2, 0) is 11.2 Å². The number of halogens is 1. The Morgan fingerprint density at radius 2 is 2.12 bits per heavy atom. The van der Waals surface area contributed by atoms with Gasteiger partial charge in [-0.05, 0) is 24.1 Å². The first kappa shape index (κ1) is 19.4. The van der Waals surface area contributed by atoms with Gasteiger partial charge in [-0.15, -0.1) is 0 Å². The molecule has 134 valence electrons. The Balaban J connectivity index is 1.81. The summed E-state index contributed by atoms with van der Waals surface area (Å²) in [5.41, 5.74) is 6.90. The minimum absolute atomic E-state index is 0.154. The Kier molecular flexibility index (Phi) is 7.92. The fourth-order valence-corrected chi connectivity index (χ4v) is 3.20. The van der Waals surface area contributed by atoms with Gasteiger partial charge in [-0.2, -0.15) is 5.26 Å². The molecular formula is C18H24BrN5O. The monoisotopic (exact) mass is 405 g/mol. The van der Waals surface area contributed by atoms with Gasteiger partial charge in [0.25, 0.3) is 5.91 Å². The first-order valence-corrected chi connectivity index (χ1v) is 9.23. The highest BCUT2D eigenvalue weighted by Crippen LogP contribution is 2.11. The van der Waals surface area contributed by atoms with Crippen LogP contribution in [0.5, 0.6) is 0 Å². The van der Waals surface area contributed by atoms with Gasteiger partial charge in [-0.3, -0.25) is 9.69 Å². The molecule has 0 spiro atoms. The van der Waals surface area contributed by atoms with Crippen molar-refractivity contribution in [3.8, 4) is 6.07 Å². The van der Waals surface area contributed by atoms with Crippen LogP contribution in [-0.4, -0.2) is 61.5 Å². The standard InChI is InChI=1S/C18H24BrN5O/c19-17-3-1-2-15(12-17)4-6-22-14-16(13-21)18(25)24-10-8-23(7-5-20)9-11-24/h1-3,12,14,22H,4-11,20H2/b16-14-. The molecule has 1 heterocycles. The largest absolute Gasteiger partial charge is 0.389 e. The van der Waals surface area contributed by atoms with Crippen molar-refractivity contribution in [1.82, 2.24) is 15.1 Å². The molecule has 1 aliphatic heterocycles. The summed E-state index contributed by atoms with van der Waals surface area (Å²) >= 11 is 3.45. The van der Waals surface area contributed by atoms with Gasteiger partial charge in [0.1, 0.15) is 11.6 Å². The van der Waals surface area contributed by atoms with Crippen molar-refractivity contribution in [3.63, 3.8) is 0 Å². The highest BCUT2D eigenvalue weighted by atomic mass is 79.9. The lowest BCUT2D eigenvalue weighted by Gasteiger charge is -2.34. The second-order valence-corrected chi connectivity index (χ2v) is 6.84. The van der Waals surface area contributed by atoms with Crippen molar-refractivity contribution in [2.45, 2.75) is 6.42 Å². The summed E-state index contributed by atoms with van der Waals surface area (Å²) in [5, 5.41) is 12.4. The number of carbonyl (C=O) groups is 1. The number of hydrogen-bond donors (Lipinski definition) is 2. The van der Waals surface area contributed by atoms with Crippen LogP contribution in [0.1, 0.15) is 5.56 Å². The van der Waals surface area contributed by atoms with E-state index < -0.39 is 0 Å². The van der Waals surface area contributed by atoms with Crippen molar-refractivity contribution >= 4 is 21.8 Å². The zero-order chi connectivity index (χ0) is 18.1. The molecule has 6 nitrogen and oxygen atoms in total. The number of rotatable bonds is 7. The SMILES string of the molecule is N#C/C(=C/NCCc1cccc(Br)c1)C(=O)N1CCN(CCN)CC1. The molecule has 0 aromatic heterocycles. The van der Waals surface area contributed by atoms with E-state index in [1.807, 2.05) is 24.3 Å². The zero-order valence-corrected chi connectivity index (χ0v) is 15.8. The molecule has 1 amide bonds. The van der Waals surface area contributed by atoms with Crippen LogP contribution in [0.4, 0.5) is 0 Å². The molecule has 0 bridgehead atoms. The highest BCUT2D eigenvalue weighted by Gasteiger charge is 2.23. The van der Waals surface area contributed by atoms with Crippen LogP contribution in [0, 0.1) is 11.3 Å². The number of nitrogens with two attached hydrogens (primary N) is 1. The maximum atomic E-state index is 12.4. The molecule has 2 rings (SSSR count). The lowest BCUT2D eigenvalue weighted by Crippen LogP contribution is -2.50. The number of piperazine rings is 1. The summed E-state index contributed by atoms with van der Waals surface area (Å²) in [6, 6.07) is 10.1. The van der Waals surface area contributed by atoms with E-state index >= 15 is 0 Å². The van der Waals surface area contributed by atoms with Crippen LogP contribution < -0.4 is 11.1 Å². The van der Waals surface area contributed by atoms with Crippen molar-refractivity contribution in [1.29, 1.82) is 5.26 Å². The van der Waals surface area contributed by atoms with Crippen molar-refractivity contribution in [2.24, 2.45) is 5.73 Å². The molecule has 0 radical (unpaired) electrons. The summed E-state index contributed by atoms with van der Waals surface area (Å²) in [5.74, 6) is -0.204. The van der Waals surface area contributed by atoms with Crippen LogP contribution in [0.2, 0.25) is 0 Å². The molecule has 1 saturated heterocycles. The van der Waals surface area contributed by atoms with E-state index in [0.717, 1.165) is 30.5 Å². The number of hydrogen-bond acceptors (Lipinski definition) is 5. The third-order valence-electron chi connectivity index (χ3n) is 4.15. The van der Waals surface area contributed by atoms with E-state index in [4.69, 9.17) is 5.73 Å². The van der Waals surface area contributed by atoms with Gasteiger partial charge in [0, 0.05) is 56.5 Å². The second kappa shape index (κ2) is 10.2. The number of carbonyl (C=O) groups excluding carboxylic acids is 1. The van der Waals surface area contributed by atoms with E-state index in [2.05, 4.69) is 32.2 Å². The number of amides is 1. The fraction of sp³-hybridized carbons (Fsp3) is 0.444. The summed E-state index contributed by atoms with van der Waals surface area (Å²) in [6.07, 6.45) is 2.35. The molecule has 0 atom stereocenters. The maximum Gasteiger partial charge on any atom is 0.266 e. The Hall–Kier alpha value is -1.88. The predicted octanol–water partition coefficient (Wildman–Crippen LogP) is 1.09. The molecule has 0 saturated carbocycles. The van der Waals surface area contributed by atoms with Gasteiger partial charge in [-0.25, -0.2) is 0 Å². The first-order chi connectivity index (χ1) is 12.1. The molecule has 1 fully saturated rings. The van der Waals surface area contributed by atoms with Crippen LogP contribution >= 0.6 is 15.9 Å². The average molecular weight is 406 g/mol. The summed E-state index contributed by atoms with van der Waals surface area (Å²) in [7, 11) is 0.